The molecule has 0 aliphatic carbocycles. The Bertz CT molecular complexity index is 800. The van der Waals surface area contributed by atoms with E-state index in [0.29, 0.717) is 0 Å². The predicted octanol–water partition coefficient (Wildman–Crippen LogP) is -9.69. The topological polar surface area (TPSA) is 328 Å². The number of carbonyl (C=O) groups excluding carboxylic acids is 9. The SMILES string of the molecule is CC(=O)N[C@@H](CCC(=O)[O-])C(=O)[O-].CC(=O)N[C@@H](CCC(=O)[O-])C(=O)[O-].CC(=O)N[C@@H](CCC(=O)[O-])C(=O)[O-].[Au+3].[Au+3]. The van der Waals surface area contributed by atoms with Crippen LogP contribution in [0.2, 0.25) is 0 Å². The van der Waals surface area contributed by atoms with Gasteiger partial charge in [-0.15, -0.1) is 0 Å². The maximum atomic E-state index is 10.4. The summed E-state index contributed by atoms with van der Waals surface area (Å²) in [5.74, 6) is -10.2. The molecule has 0 radical (unpaired) electrons. The van der Waals surface area contributed by atoms with E-state index in [0.717, 1.165) is 20.8 Å². The summed E-state index contributed by atoms with van der Waals surface area (Å²) in [6, 6.07) is -3.80. The van der Waals surface area contributed by atoms with Gasteiger partial charge in [0.15, 0.2) is 0 Å². The summed E-state index contributed by atoms with van der Waals surface area (Å²) in [6.45, 7) is 3.40. The van der Waals surface area contributed by atoms with Gasteiger partial charge in [0.05, 0.1) is 36.0 Å². The standard InChI is InChI=1S/3C7H11NO5.2Au/c3*1-4(9)8-5(7(12)13)2-3-6(10)11;;/h3*5H,2-3H2,1H3,(H,8,9)(H,10,11)(H,12,13);;/q;;;2*+3/p-6/t3*5-;;/m000../s1. The first kappa shape index (κ1) is 47.5. The third-order valence-electron chi connectivity index (χ3n) is 3.90. The molecule has 238 valence electrons. The van der Waals surface area contributed by atoms with Crippen molar-refractivity contribution in [3.05, 3.63) is 0 Å². The van der Waals surface area contributed by atoms with Gasteiger partial charge in [-0.1, -0.05) is 0 Å². The molecule has 0 saturated heterocycles. The van der Waals surface area contributed by atoms with E-state index in [9.17, 15) is 73.8 Å². The maximum Gasteiger partial charge on any atom is 3.00 e. The van der Waals surface area contributed by atoms with Gasteiger partial charge in [-0.05, 0) is 38.5 Å². The number of hydrogen-bond acceptors (Lipinski definition) is 15. The van der Waals surface area contributed by atoms with E-state index < -0.39 is 90.9 Å². The number of aliphatic carboxylic acids is 6. The number of carboxylic acids is 6. The van der Waals surface area contributed by atoms with Gasteiger partial charge >= 0.3 is 44.8 Å². The molecule has 0 aromatic rings. The summed E-state index contributed by atoms with van der Waals surface area (Å²) in [4.78, 5) is 92.2. The quantitative estimate of drug-likeness (QED) is 0.128. The molecule has 20 heteroatoms. The summed E-state index contributed by atoms with van der Waals surface area (Å²) < 4.78 is 0. The van der Waals surface area contributed by atoms with Crippen molar-refractivity contribution in [2.75, 3.05) is 0 Å². The smallest absolute Gasteiger partial charge is 0.550 e. The van der Waals surface area contributed by atoms with E-state index in [4.69, 9.17) is 0 Å². The van der Waals surface area contributed by atoms with Crippen molar-refractivity contribution in [1.29, 1.82) is 0 Å². The van der Waals surface area contributed by atoms with E-state index in [1.165, 1.54) is 0 Å². The van der Waals surface area contributed by atoms with Crippen LogP contribution in [-0.2, 0) is 87.9 Å². The number of amides is 3. The van der Waals surface area contributed by atoms with E-state index >= 15 is 0 Å². The zero-order chi connectivity index (χ0) is 31.3. The van der Waals surface area contributed by atoms with Crippen molar-refractivity contribution in [3.8, 4) is 0 Å². The molecule has 0 aromatic heterocycles. The Balaban J connectivity index is -0.000000154. The number of carboxylic acid groups (broad SMARTS) is 6. The number of hydrogen-bond donors (Lipinski definition) is 3. The summed E-state index contributed by atoms with van der Waals surface area (Å²) >= 11 is 0. The van der Waals surface area contributed by atoms with Gasteiger partial charge in [0.25, 0.3) is 0 Å². The van der Waals surface area contributed by atoms with Crippen LogP contribution in [0.1, 0.15) is 59.3 Å². The molecule has 0 heterocycles. The number of nitrogens with one attached hydrogen (secondary N) is 3. The minimum atomic E-state index is -1.50. The molecule has 0 unspecified atom stereocenters. The molecular weight excluding hydrogens is 928 g/mol. The van der Waals surface area contributed by atoms with Crippen molar-refractivity contribution in [2.45, 2.75) is 77.4 Å². The van der Waals surface area contributed by atoms with Gasteiger partial charge in [0, 0.05) is 38.7 Å². The van der Waals surface area contributed by atoms with Crippen LogP contribution < -0.4 is 46.6 Å². The van der Waals surface area contributed by atoms with Crippen LogP contribution in [0.25, 0.3) is 0 Å². The molecule has 0 rings (SSSR count). The van der Waals surface area contributed by atoms with Crippen molar-refractivity contribution < 1.29 is 119 Å². The predicted molar refractivity (Wildman–Crippen MR) is 111 cm³/mol. The molecule has 0 fully saturated rings. The minimum absolute atomic E-state index is 0. The second kappa shape index (κ2) is 26.9. The van der Waals surface area contributed by atoms with E-state index in [-0.39, 0.29) is 64.0 Å². The van der Waals surface area contributed by atoms with Crippen molar-refractivity contribution in [1.82, 2.24) is 16.0 Å². The zero-order valence-electron chi connectivity index (χ0n) is 21.7. The van der Waals surface area contributed by atoms with Crippen LogP contribution in [0.4, 0.5) is 0 Å². The van der Waals surface area contributed by atoms with Crippen LogP contribution in [-0.4, -0.2) is 71.7 Å². The molecule has 3 N–H and O–H groups in total. The molecular formula is C21H27Au2N3O15. The Morgan fingerprint density at radius 2 is 0.610 bits per heavy atom. The van der Waals surface area contributed by atoms with Crippen LogP contribution in [0.3, 0.4) is 0 Å². The molecule has 3 amide bonds. The number of rotatable bonds is 15. The third kappa shape index (κ3) is 34.7. The minimum Gasteiger partial charge on any atom is -0.550 e. The van der Waals surface area contributed by atoms with Crippen molar-refractivity contribution in [3.63, 3.8) is 0 Å². The molecule has 0 saturated carbocycles. The average Bonchev–Trinajstić information content (AvgIpc) is 2.76. The van der Waals surface area contributed by atoms with Crippen LogP contribution >= 0.6 is 0 Å². The van der Waals surface area contributed by atoms with Crippen LogP contribution in [0.15, 0.2) is 0 Å². The van der Waals surface area contributed by atoms with Crippen LogP contribution in [0.5, 0.6) is 0 Å². The molecule has 0 aliphatic rings. The monoisotopic (exact) mass is 955 g/mol. The van der Waals surface area contributed by atoms with E-state index in [1.807, 2.05) is 16.0 Å². The average molecular weight is 955 g/mol. The Kier molecular flexibility index (Phi) is 31.2. The first-order chi connectivity index (χ1) is 17.8. The third-order valence-corrected chi connectivity index (χ3v) is 3.90. The molecule has 0 spiro atoms. The van der Waals surface area contributed by atoms with E-state index in [2.05, 4.69) is 0 Å². The fraction of sp³-hybridized carbons (Fsp3) is 0.571. The molecule has 3 atom stereocenters. The van der Waals surface area contributed by atoms with E-state index in [1.54, 1.807) is 0 Å². The van der Waals surface area contributed by atoms with Gasteiger partial charge in [-0.2, -0.15) is 0 Å². The molecule has 18 nitrogen and oxygen atoms in total. The second-order valence-corrected chi connectivity index (χ2v) is 7.45. The summed E-state index contributed by atoms with van der Waals surface area (Å²) in [5.41, 5.74) is 0. The Morgan fingerprint density at radius 3 is 0.707 bits per heavy atom. The molecule has 0 bridgehead atoms. The maximum absolute atomic E-state index is 10.4. The second-order valence-electron chi connectivity index (χ2n) is 7.45. The number of carbonyl (C=O) groups is 9. The first-order valence-corrected chi connectivity index (χ1v) is 10.8. The van der Waals surface area contributed by atoms with Crippen LogP contribution in [0, 0.1) is 0 Å². The van der Waals surface area contributed by atoms with Gasteiger partial charge in [0.1, 0.15) is 0 Å². The van der Waals surface area contributed by atoms with Gasteiger partial charge in [-0.3, -0.25) is 14.4 Å². The fourth-order valence-corrected chi connectivity index (χ4v) is 2.27. The Morgan fingerprint density at radius 1 is 0.439 bits per heavy atom. The van der Waals surface area contributed by atoms with Gasteiger partial charge < -0.3 is 75.4 Å². The fourth-order valence-electron chi connectivity index (χ4n) is 2.27. The molecule has 0 aliphatic heterocycles. The summed E-state index contributed by atoms with van der Waals surface area (Å²) in [6.07, 6.45) is -1.99. The normalized spacial score (nSPS) is 11.2. The molecule has 0 aromatic carbocycles. The molecule has 41 heavy (non-hydrogen) atoms. The zero-order valence-corrected chi connectivity index (χ0v) is 26.0. The van der Waals surface area contributed by atoms with Gasteiger partial charge in [0.2, 0.25) is 17.7 Å². The largest absolute Gasteiger partial charge is 3.00 e. The first-order valence-electron chi connectivity index (χ1n) is 10.8. The van der Waals surface area contributed by atoms with Crippen molar-refractivity contribution >= 4 is 53.5 Å². The van der Waals surface area contributed by atoms with Crippen molar-refractivity contribution in [2.24, 2.45) is 0 Å². The summed E-state index contributed by atoms with van der Waals surface area (Å²) in [7, 11) is 0. The summed E-state index contributed by atoms with van der Waals surface area (Å²) in [5, 5.41) is 67.0. The Hall–Kier alpha value is -3.29. The Labute approximate surface area is 264 Å². The van der Waals surface area contributed by atoms with Gasteiger partial charge in [-0.25, -0.2) is 0 Å².